The molecule has 2 N–H and O–H groups in total. The molecule has 2 atom stereocenters. The van der Waals surface area contributed by atoms with Gasteiger partial charge in [0.25, 0.3) is 0 Å². The molecule has 0 amide bonds. The van der Waals surface area contributed by atoms with Crippen molar-refractivity contribution < 1.29 is 12.8 Å². The zero-order valence-corrected chi connectivity index (χ0v) is 18.5. The van der Waals surface area contributed by atoms with Crippen LogP contribution < -0.4 is 15.5 Å². The number of halogens is 2. The van der Waals surface area contributed by atoms with Crippen LogP contribution in [-0.2, 0) is 9.84 Å². The lowest BCUT2D eigenvalue weighted by atomic mass is 10.1. The number of aromatic nitrogens is 1. The van der Waals surface area contributed by atoms with Crippen LogP contribution >= 0.6 is 24.0 Å². The molecule has 1 aromatic heterocycles. The lowest BCUT2D eigenvalue weighted by Gasteiger charge is -2.20. The van der Waals surface area contributed by atoms with Gasteiger partial charge in [0.1, 0.15) is 0 Å². The predicted octanol–water partition coefficient (Wildman–Crippen LogP) is 1.41. The van der Waals surface area contributed by atoms with Gasteiger partial charge in [0, 0.05) is 38.4 Å². The highest BCUT2D eigenvalue weighted by atomic mass is 127. The molecule has 2 aliphatic heterocycles. The first-order chi connectivity index (χ1) is 12.5. The number of hydrogen-bond acceptors (Lipinski definition) is 5. The summed E-state index contributed by atoms with van der Waals surface area (Å²) in [5.41, 5.74) is 0. The topological polar surface area (TPSA) is 86.7 Å². The van der Waals surface area contributed by atoms with Gasteiger partial charge in [-0.15, -0.1) is 24.0 Å². The summed E-state index contributed by atoms with van der Waals surface area (Å²) >= 11 is 0. The third-order valence-corrected chi connectivity index (χ3v) is 6.58. The summed E-state index contributed by atoms with van der Waals surface area (Å²) in [4.78, 5) is 10.6. The summed E-state index contributed by atoms with van der Waals surface area (Å²) in [5, 5.41) is 6.58. The van der Waals surface area contributed by atoms with E-state index < -0.39 is 9.84 Å². The molecule has 0 radical (unpaired) electrons. The smallest absolute Gasteiger partial charge is 0.191 e. The van der Waals surface area contributed by atoms with Crippen LogP contribution in [0, 0.1) is 11.7 Å². The van der Waals surface area contributed by atoms with E-state index in [2.05, 4.69) is 20.6 Å². The number of rotatable bonds is 5. The van der Waals surface area contributed by atoms with Crippen LogP contribution in [0.3, 0.4) is 0 Å². The molecule has 0 spiro atoms. The molecule has 2 saturated heterocycles. The maximum Gasteiger partial charge on any atom is 0.191 e. The summed E-state index contributed by atoms with van der Waals surface area (Å²) < 4.78 is 37.0. The van der Waals surface area contributed by atoms with Crippen molar-refractivity contribution in [1.82, 2.24) is 15.6 Å². The first-order valence-electron chi connectivity index (χ1n) is 9.07. The molecule has 27 heavy (non-hydrogen) atoms. The summed E-state index contributed by atoms with van der Waals surface area (Å²) in [6, 6.07) is 3.15. The largest absolute Gasteiger partial charge is 0.357 e. The normalized spacial score (nSPS) is 24.5. The molecule has 152 valence electrons. The van der Waals surface area contributed by atoms with Crippen LogP contribution in [0.25, 0.3) is 0 Å². The van der Waals surface area contributed by atoms with Crippen LogP contribution in [0.1, 0.15) is 19.8 Å². The van der Waals surface area contributed by atoms with Crippen LogP contribution in [0.15, 0.2) is 23.3 Å². The third-order valence-electron chi connectivity index (χ3n) is 4.75. The second-order valence-electron chi connectivity index (χ2n) is 6.87. The van der Waals surface area contributed by atoms with E-state index in [9.17, 15) is 12.8 Å². The minimum absolute atomic E-state index is 0. The number of hydrogen-bond donors (Lipinski definition) is 2. The number of pyridine rings is 1. The van der Waals surface area contributed by atoms with Gasteiger partial charge in [0.05, 0.1) is 11.5 Å². The standard InChI is InChI=1S/C17H26FN5O2S.HI/c1-2-19-17(21-10-13-6-9-26(24,25)12-13)22-14-5-8-23(11-14)16-15(18)4-3-7-20-16;/h3-4,7,13-14H,2,5-6,8-12H2,1H3,(H2,19,21,22);1H. The lowest BCUT2D eigenvalue weighted by molar-refractivity contribution is 0.586. The summed E-state index contributed by atoms with van der Waals surface area (Å²) in [5.74, 6) is 1.35. The third kappa shape index (κ3) is 6.16. The molecule has 2 aliphatic rings. The van der Waals surface area contributed by atoms with Crippen molar-refractivity contribution in [1.29, 1.82) is 0 Å². The Kier molecular flexibility index (Phi) is 8.07. The maximum atomic E-state index is 13.9. The van der Waals surface area contributed by atoms with E-state index in [1.807, 2.05) is 11.8 Å². The Bertz CT molecular complexity index is 761. The van der Waals surface area contributed by atoms with Crippen molar-refractivity contribution in [3.8, 4) is 0 Å². The molecule has 1 aromatic rings. The lowest BCUT2D eigenvalue weighted by Crippen LogP contribution is -2.45. The van der Waals surface area contributed by atoms with E-state index in [1.165, 1.54) is 6.07 Å². The molecule has 0 aromatic carbocycles. The molecule has 3 rings (SSSR count). The van der Waals surface area contributed by atoms with Gasteiger partial charge in [-0.25, -0.2) is 17.8 Å². The fraction of sp³-hybridized carbons (Fsp3) is 0.647. The van der Waals surface area contributed by atoms with Crippen molar-refractivity contribution in [2.75, 3.05) is 42.6 Å². The SMILES string of the molecule is CCNC(=NCC1CCS(=O)(=O)C1)NC1CCN(c2ncccc2F)C1.I. The number of sulfone groups is 1. The van der Waals surface area contributed by atoms with Crippen molar-refractivity contribution in [3.05, 3.63) is 24.1 Å². The molecule has 3 heterocycles. The van der Waals surface area contributed by atoms with Crippen molar-refractivity contribution in [2.24, 2.45) is 10.9 Å². The number of anilines is 1. The van der Waals surface area contributed by atoms with Gasteiger partial charge in [-0.2, -0.15) is 0 Å². The fourth-order valence-corrected chi connectivity index (χ4v) is 5.28. The summed E-state index contributed by atoms with van der Waals surface area (Å²) in [7, 11) is -2.88. The average Bonchev–Trinajstić information content (AvgIpc) is 3.19. The minimum Gasteiger partial charge on any atom is -0.357 e. The first-order valence-corrected chi connectivity index (χ1v) is 10.9. The Morgan fingerprint density at radius 1 is 1.44 bits per heavy atom. The van der Waals surface area contributed by atoms with Gasteiger partial charge in [-0.1, -0.05) is 0 Å². The van der Waals surface area contributed by atoms with Gasteiger partial charge < -0.3 is 15.5 Å². The molecular weight excluding hydrogens is 484 g/mol. The molecule has 7 nitrogen and oxygen atoms in total. The Balaban J connectivity index is 0.00000261. The van der Waals surface area contributed by atoms with E-state index in [4.69, 9.17) is 0 Å². The van der Waals surface area contributed by atoms with Gasteiger partial charge in [-0.05, 0) is 37.8 Å². The second kappa shape index (κ2) is 9.85. The number of aliphatic imine (C=N–C) groups is 1. The first kappa shape index (κ1) is 22.1. The summed E-state index contributed by atoms with van der Waals surface area (Å²) in [6.07, 6.45) is 3.14. The fourth-order valence-electron chi connectivity index (χ4n) is 3.43. The number of guanidine groups is 1. The van der Waals surface area contributed by atoms with Gasteiger partial charge in [0.2, 0.25) is 0 Å². The van der Waals surface area contributed by atoms with Gasteiger partial charge in [-0.3, -0.25) is 4.99 Å². The molecule has 0 aliphatic carbocycles. The monoisotopic (exact) mass is 511 g/mol. The predicted molar refractivity (Wildman–Crippen MR) is 116 cm³/mol. The molecule has 0 bridgehead atoms. The summed E-state index contributed by atoms with van der Waals surface area (Å²) in [6.45, 7) is 4.59. The van der Waals surface area contributed by atoms with Crippen molar-refractivity contribution >= 4 is 45.6 Å². The quantitative estimate of drug-likeness (QED) is 0.353. The molecule has 2 fully saturated rings. The highest BCUT2D eigenvalue weighted by Crippen LogP contribution is 2.21. The highest BCUT2D eigenvalue weighted by molar-refractivity contribution is 14.0. The Labute approximate surface area is 177 Å². The Hall–Kier alpha value is -1.17. The van der Waals surface area contributed by atoms with E-state index in [0.717, 1.165) is 19.5 Å². The maximum absolute atomic E-state index is 13.9. The van der Waals surface area contributed by atoms with E-state index in [1.54, 1.807) is 12.3 Å². The van der Waals surface area contributed by atoms with Crippen LogP contribution in [-0.4, -0.2) is 63.1 Å². The van der Waals surface area contributed by atoms with Crippen LogP contribution in [0.4, 0.5) is 10.2 Å². The van der Waals surface area contributed by atoms with Crippen molar-refractivity contribution in [2.45, 2.75) is 25.8 Å². The van der Waals surface area contributed by atoms with E-state index in [0.29, 0.717) is 31.3 Å². The molecule has 2 unspecified atom stereocenters. The molecular formula is C17H27FIN5O2S. The van der Waals surface area contributed by atoms with Crippen molar-refractivity contribution in [3.63, 3.8) is 0 Å². The zero-order chi connectivity index (χ0) is 18.6. The highest BCUT2D eigenvalue weighted by Gasteiger charge is 2.28. The Morgan fingerprint density at radius 2 is 2.26 bits per heavy atom. The Morgan fingerprint density at radius 3 is 2.93 bits per heavy atom. The molecule has 10 heteroatoms. The minimum atomic E-state index is -2.88. The van der Waals surface area contributed by atoms with Gasteiger partial charge in [0.15, 0.2) is 27.4 Å². The number of nitrogens with one attached hydrogen (secondary N) is 2. The van der Waals surface area contributed by atoms with Crippen LogP contribution in [0.2, 0.25) is 0 Å². The second-order valence-corrected chi connectivity index (χ2v) is 9.10. The zero-order valence-electron chi connectivity index (χ0n) is 15.4. The molecule has 0 saturated carbocycles. The average molecular weight is 511 g/mol. The van der Waals surface area contributed by atoms with Gasteiger partial charge >= 0.3 is 0 Å². The number of nitrogens with zero attached hydrogens (tertiary/aromatic N) is 3. The van der Waals surface area contributed by atoms with Crippen LogP contribution in [0.5, 0.6) is 0 Å². The van der Waals surface area contributed by atoms with E-state index >= 15 is 0 Å². The van der Waals surface area contributed by atoms with E-state index in [-0.39, 0.29) is 53.3 Å².